The van der Waals surface area contributed by atoms with Gasteiger partial charge in [0.1, 0.15) is 5.75 Å². The number of ether oxygens (including phenoxy) is 1. The third-order valence-electron chi connectivity index (χ3n) is 6.27. The molecule has 6 nitrogen and oxygen atoms in total. The van der Waals surface area contributed by atoms with Crippen LogP contribution in [0.4, 0.5) is 0 Å². The summed E-state index contributed by atoms with van der Waals surface area (Å²) in [5.41, 5.74) is 2.81. The number of likely N-dealkylation sites (tertiary alicyclic amines) is 1. The first-order valence-electron chi connectivity index (χ1n) is 11.8. The average molecular weight is 486 g/mol. The van der Waals surface area contributed by atoms with Crippen LogP contribution < -0.4 is 10.3 Å². The molecule has 1 aliphatic heterocycles. The van der Waals surface area contributed by atoms with Gasteiger partial charge in [0.15, 0.2) is 5.16 Å². The molecule has 1 aliphatic rings. The molecule has 0 saturated carbocycles. The van der Waals surface area contributed by atoms with Gasteiger partial charge in [-0.15, -0.1) is 0 Å². The van der Waals surface area contributed by atoms with Crippen molar-refractivity contribution in [1.29, 1.82) is 0 Å². The molecule has 1 aromatic heterocycles. The van der Waals surface area contributed by atoms with Crippen LogP contribution in [-0.2, 0) is 5.75 Å². The Balaban J connectivity index is 1.58. The van der Waals surface area contributed by atoms with Gasteiger partial charge in [0, 0.05) is 24.4 Å². The van der Waals surface area contributed by atoms with Crippen LogP contribution in [0.15, 0.2) is 82.7 Å². The maximum Gasteiger partial charge on any atom is 0.266 e. The lowest BCUT2D eigenvalue weighted by molar-refractivity contribution is 0.0724. The number of rotatable bonds is 6. The Hall–Kier alpha value is -3.58. The lowest BCUT2D eigenvalue weighted by atomic mass is 10.1. The molecule has 0 N–H and O–H groups in total. The lowest BCUT2D eigenvalue weighted by Crippen LogP contribution is -2.35. The minimum Gasteiger partial charge on any atom is -0.497 e. The number of amides is 1. The third kappa shape index (κ3) is 4.95. The molecular formula is C28H27N3O3S. The van der Waals surface area contributed by atoms with E-state index in [0.717, 1.165) is 43.7 Å². The fourth-order valence-corrected chi connectivity index (χ4v) is 5.32. The topological polar surface area (TPSA) is 64.4 Å². The summed E-state index contributed by atoms with van der Waals surface area (Å²) in [4.78, 5) is 33.5. The second kappa shape index (κ2) is 10.4. The van der Waals surface area contributed by atoms with Crippen molar-refractivity contribution in [2.24, 2.45) is 0 Å². The van der Waals surface area contributed by atoms with Crippen molar-refractivity contribution in [2.75, 3.05) is 20.2 Å². The van der Waals surface area contributed by atoms with Crippen molar-refractivity contribution in [1.82, 2.24) is 14.5 Å². The molecule has 178 valence electrons. The van der Waals surface area contributed by atoms with Crippen molar-refractivity contribution in [2.45, 2.75) is 30.2 Å². The van der Waals surface area contributed by atoms with Crippen molar-refractivity contribution in [3.63, 3.8) is 0 Å². The molecule has 2 heterocycles. The molecule has 4 aromatic rings. The number of piperidine rings is 1. The zero-order valence-electron chi connectivity index (χ0n) is 19.6. The van der Waals surface area contributed by atoms with Crippen LogP contribution in [0.1, 0.15) is 35.2 Å². The highest BCUT2D eigenvalue weighted by Gasteiger charge is 2.20. The van der Waals surface area contributed by atoms with E-state index in [2.05, 4.69) is 12.1 Å². The number of nitrogens with zero attached hydrogens (tertiary/aromatic N) is 3. The van der Waals surface area contributed by atoms with Crippen LogP contribution in [0.25, 0.3) is 16.6 Å². The number of aromatic nitrogens is 2. The molecule has 0 atom stereocenters. The van der Waals surface area contributed by atoms with Gasteiger partial charge in [-0.25, -0.2) is 4.98 Å². The van der Waals surface area contributed by atoms with Crippen LogP contribution in [0.3, 0.4) is 0 Å². The first-order chi connectivity index (χ1) is 17.1. The van der Waals surface area contributed by atoms with Gasteiger partial charge in [-0.3, -0.25) is 14.2 Å². The summed E-state index contributed by atoms with van der Waals surface area (Å²) in [5.74, 6) is 1.39. The van der Waals surface area contributed by atoms with Gasteiger partial charge in [-0.2, -0.15) is 0 Å². The summed E-state index contributed by atoms with van der Waals surface area (Å²) >= 11 is 1.50. The van der Waals surface area contributed by atoms with Crippen molar-refractivity contribution < 1.29 is 9.53 Å². The molecule has 1 saturated heterocycles. The minimum atomic E-state index is -0.160. The zero-order valence-corrected chi connectivity index (χ0v) is 20.5. The lowest BCUT2D eigenvalue weighted by Gasteiger charge is -2.26. The Labute approximate surface area is 208 Å². The van der Waals surface area contributed by atoms with E-state index in [0.29, 0.717) is 33.1 Å². The number of hydrogen-bond donors (Lipinski definition) is 0. The normalized spacial score (nSPS) is 13.7. The molecule has 0 aliphatic carbocycles. The number of benzene rings is 3. The second-order valence-electron chi connectivity index (χ2n) is 8.59. The minimum absolute atomic E-state index is 0.00576. The Bertz CT molecular complexity index is 1400. The maximum absolute atomic E-state index is 13.7. The highest BCUT2D eigenvalue weighted by molar-refractivity contribution is 7.98. The summed E-state index contributed by atoms with van der Waals surface area (Å²) in [5, 5.41) is 1.07. The van der Waals surface area contributed by atoms with Gasteiger partial charge in [0.05, 0.1) is 23.7 Å². The molecule has 0 unspecified atom stereocenters. The SMILES string of the molecule is COc1ccc(-n2c(SCc3ccccc3)nc3cc(C(=O)N4CCCCC4)ccc3c2=O)cc1. The number of hydrogen-bond acceptors (Lipinski definition) is 5. The second-order valence-corrected chi connectivity index (χ2v) is 9.53. The molecule has 1 amide bonds. The molecule has 3 aromatic carbocycles. The Morgan fingerprint density at radius 1 is 0.971 bits per heavy atom. The summed E-state index contributed by atoms with van der Waals surface area (Å²) in [6, 6.07) is 22.7. The third-order valence-corrected chi connectivity index (χ3v) is 7.28. The van der Waals surface area contributed by atoms with Crippen LogP contribution in [0.2, 0.25) is 0 Å². The fourth-order valence-electron chi connectivity index (χ4n) is 4.36. The van der Waals surface area contributed by atoms with E-state index >= 15 is 0 Å². The summed E-state index contributed by atoms with van der Waals surface area (Å²) in [7, 11) is 1.61. The summed E-state index contributed by atoms with van der Waals surface area (Å²) < 4.78 is 6.92. The van der Waals surface area contributed by atoms with E-state index in [1.54, 1.807) is 29.9 Å². The Kier molecular flexibility index (Phi) is 6.86. The van der Waals surface area contributed by atoms with Crippen LogP contribution >= 0.6 is 11.8 Å². The fraction of sp³-hybridized carbons (Fsp3) is 0.250. The number of methoxy groups -OCH3 is 1. The largest absolute Gasteiger partial charge is 0.497 e. The molecular weight excluding hydrogens is 458 g/mol. The predicted octanol–water partition coefficient (Wildman–Crippen LogP) is 5.31. The van der Waals surface area contributed by atoms with Crippen molar-refractivity contribution >= 4 is 28.6 Å². The first-order valence-corrected chi connectivity index (χ1v) is 12.8. The quantitative estimate of drug-likeness (QED) is 0.273. The molecule has 5 rings (SSSR count). The predicted molar refractivity (Wildman–Crippen MR) is 140 cm³/mol. The smallest absolute Gasteiger partial charge is 0.266 e. The zero-order chi connectivity index (χ0) is 24.2. The van der Waals surface area contributed by atoms with Gasteiger partial charge in [-0.1, -0.05) is 42.1 Å². The Morgan fingerprint density at radius 3 is 2.43 bits per heavy atom. The molecule has 0 bridgehead atoms. The van der Waals surface area contributed by atoms with Gasteiger partial charge in [0.25, 0.3) is 11.5 Å². The number of carbonyl (C=O) groups excluding carboxylic acids is 1. The molecule has 0 radical (unpaired) electrons. The van der Waals surface area contributed by atoms with Gasteiger partial charge < -0.3 is 9.64 Å². The van der Waals surface area contributed by atoms with Gasteiger partial charge in [-0.05, 0) is 67.3 Å². The summed E-state index contributed by atoms with van der Waals surface area (Å²) in [6.45, 7) is 1.56. The van der Waals surface area contributed by atoms with E-state index in [1.807, 2.05) is 47.4 Å². The monoisotopic (exact) mass is 485 g/mol. The first kappa shape index (κ1) is 23.2. The molecule has 0 spiro atoms. The van der Waals surface area contributed by atoms with Crippen molar-refractivity contribution in [3.8, 4) is 11.4 Å². The molecule has 1 fully saturated rings. The number of thioether (sulfide) groups is 1. The van der Waals surface area contributed by atoms with E-state index < -0.39 is 0 Å². The molecule has 7 heteroatoms. The maximum atomic E-state index is 13.7. The average Bonchev–Trinajstić information content (AvgIpc) is 2.92. The van der Waals surface area contributed by atoms with Crippen molar-refractivity contribution in [3.05, 3.63) is 94.3 Å². The summed E-state index contributed by atoms with van der Waals surface area (Å²) in [6.07, 6.45) is 3.23. The van der Waals surface area contributed by atoms with E-state index in [9.17, 15) is 9.59 Å². The van der Waals surface area contributed by atoms with Gasteiger partial charge in [0.2, 0.25) is 0 Å². The van der Waals surface area contributed by atoms with Crippen LogP contribution in [0.5, 0.6) is 5.75 Å². The van der Waals surface area contributed by atoms with E-state index in [4.69, 9.17) is 9.72 Å². The van der Waals surface area contributed by atoms with Gasteiger partial charge >= 0.3 is 0 Å². The molecule has 35 heavy (non-hydrogen) atoms. The Morgan fingerprint density at radius 2 is 1.71 bits per heavy atom. The van der Waals surface area contributed by atoms with Crippen LogP contribution in [-0.4, -0.2) is 40.6 Å². The van der Waals surface area contributed by atoms with E-state index in [1.165, 1.54) is 11.8 Å². The standard InChI is InChI=1S/C28H27N3O3S/c1-34-23-13-11-22(12-14-23)31-27(33)24-15-10-21(26(32)30-16-6-3-7-17-30)18-25(24)29-28(31)35-19-20-8-4-2-5-9-20/h2,4-5,8-15,18H,3,6-7,16-17,19H2,1H3. The highest BCUT2D eigenvalue weighted by atomic mass is 32.2. The number of carbonyl (C=O) groups is 1. The van der Waals surface area contributed by atoms with E-state index in [-0.39, 0.29) is 11.5 Å². The highest BCUT2D eigenvalue weighted by Crippen LogP contribution is 2.26. The number of fused-ring (bicyclic) bond motifs is 1. The van der Waals surface area contributed by atoms with Crippen LogP contribution in [0, 0.1) is 0 Å².